The van der Waals surface area contributed by atoms with Gasteiger partial charge in [0.25, 0.3) is 0 Å². The zero-order chi connectivity index (χ0) is 17.2. The van der Waals surface area contributed by atoms with Crippen LogP contribution in [0.4, 0.5) is 19.0 Å². The summed E-state index contributed by atoms with van der Waals surface area (Å²) in [6, 6.07) is 5.34. The van der Waals surface area contributed by atoms with Crippen molar-refractivity contribution in [3.8, 4) is 0 Å². The summed E-state index contributed by atoms with van der Waals surface area (Å²) in [5.41, 5.74) is -0.802. The number of pyridine rings is 1. The van der Waals surface area contributed by atoms with E-state index in [4.69, 9.17) is 4.42 Å². The van der Waals surface area contributed by atoms with Crippen LogP contribution in [0.15, 0.2) is 41.1 Å². The number of furan rings is 1. The molecule has 0 aromatic carbocycles. The van der Waals surface area contributed by atoms with E-state index in [1.165, 1.54) is 12.3 Å². The number of amides is 1. The van der Waals surface area contributed by atoms with Crippen LogP contribution in [-0.2, 0) is 17.5 Å². The predicted molar refractivity (Wildman–Crippen MR) is 80.2 cm³/mol. The molecule has 1 aliphatic rings. The zero-order valence-electron chi connectivity index (χ0n) is 12.7. The van der Waals surface area contributed by atoms with Gasteiger partial charge in [-0.2, -0.15) is 13.2 Å². The lowest BCUT2D eigenvalue weighted by Crippen LogP contribution is -2.43. The normalized spacial score (nSPS) is 18.0. The predicted octanol–water partition coefficient (Wildman–Crippen LogP) is 2.98. The maximum absolute atomic E-state index is 12.6. The van der Waals surface area contributed by atoms with Crippen molar-refractivity contribution < 1.29 is 22.4 Å². The van der Waals surface area contributed by atoms with Crippen LogP contribution in [0.3, 0.4) is 0 Å². The second-order valence-electron chi connectivity index (χ2n) is 5.55. The van der Waals surface area contributed by atoms with Gasteiger partial charge in [-0.15, -0.1) is 0 Å². The molecule has 24 heavy (non-hydrogen) atoms. The molecule has 0 aliphatic carbocycles. The smallest absolute Gasteiger partial charge is 0.417 e. The molecule has 2 aromatic heterocycles. The number of rotatable bonds is 4. The molecular formula is C16H16F3N3O2. The first-order valence-electron chi connectivity index (χ1n) is 7.55. The lowest BCUT2D eigenvalue weighted by Gasteiger charge is -2.25. The maximum Gasteiger partial charge on any atom is 0.417 e. The van der Waals surface area contributed by atoms with Crippen LogP contribution >= 0.6 is 0 Å². The summed E-state index contributed by atoms with van der Waals surface area (Å²) < 4.78 is 43.0. The highest BCUT2D eigenvalue weighted by Crippen LogP contribution is 2.30. The number of nitrogens with one attached hydrogen (secondary N) is 1. The van der Waals surface area contributed by atoms with Crippen LogP contribution in [0.5, 0.6) is 0 Å². The van der Waals surface area contributed by atoms with Gasteiger partial charge in [0.05, 0.1) is 18.4 Å². The van der Waals surface area contributed by atoms with Crippen molar-refractivity contribution in [3.63, 3.8) is 0 Å². The number of carbonyl (C=O) groups is 1. The first kappa shape index (κ1) is 16.4. The Hall–Kier alpha value is -2.51. The number of alkyl halides is 3. The lowest BCUT2D eigenvalue weighted by molar-refractivity contribution is -0.137. The number of hydrogen-bond donors (Lipinski definition) is 1. The minimum atomic E-state index is -4.42. The number of halogens is 3. The average Bonchev–Trinajstić information content (AvgIpc) is 3.23. The Morgan fingerprint density at radius 3 is 2.83 bits per heavy atom. The minimum absolute atomic E-state index is 0.189. The number of nitrogens with zero attached hydrogens (tertiary/aromatic N) is 2. The molecule has 0 radical (unpaired) electrons. The molecule has 1 aliphatic heterocycles. The largest absolute Gasteiger partial charge is 0.467 e. The van der Waals surface area contributed by atoms with E-state index >= 15 is 0 Å². The fourth-order valence-electron chi connectivity index (χ4n) is 2.74. The van der Waals surface area contributed by atoms with Crippen LogP contribution in [0.1, 0.15) is 24.2 Å². The van der Waals surface area contributed by atoms with Crippen LogP contribution in [0.25, 0.3) is 0 Å². The molecule has 1 atom stereocenters. The van der Waals surface area contributed by atoms with Crippen molar-refractivity contribution in [1.29, 1.82) is 0 Å². The molecule has 5 nitrogen and oxygen atoms in total. The van der Waals surface area contributed by atoms with Gasteiger partial charge in [-0.1, -0.05) is 0 Å². The fourth-order valence-corrected chi connectivity index (χ4v) is 2.74. The summed E-state index contributed by atoms with van der Waals surface area (Å²) in [5.74, 6) is 0.824. The molecule has 1 saturated heterocycles. The number of aromatic nitrogens is 1. The summed E-state index contributed by atoms with van der Waals surface area (Å²) in [4.78, 5) is 18.0. The monoisotopic (exact) mass is 339 g/mol. The van der Waals surface area contributed by atoms with E-state index in [1.807, 2.05) is 0 Å². The quantitative estimate of drug-likeness (QED) is 0.930. The van der Waals surface area contributed by atoms with Crippen LogP contribution in [0, 0.1) is 0 Å². The Kier molecular flexibility index (Phi) is 4.46. The first-order chi connectivity index (χ1) is 11.4. The number of hydrogen-bond acceptors (Lipinski definition) is 4. The van der Waals surface area contributed by atoms with Gasteiger partial charge in [-0.3, -0.25) is 4.79 Å². The van der Waals surface area contributed by atoms with Gasteiger partial charge >= 0.3 is 6.18 Å². The third-order valence-corrected chi connectivity index (χ3v) is 3.94. The summed E-state index contributed by atoms with van der Waals surface area (Å²) in [6.45, 7) is 0.855. The van der Waals surface area contributed by atoms with E-state index in [-0.39, 0.29) is 12.5 Å². The molecule has 1 amide bonds. The van der Waals surface area contributed by atoms with Gasteiger partial charge in [0.1, 0.15) is 17.6 Å². The second-order valence-corrected chi connectivity index (χ2v) is 5.55. The summed E-state index contributed by atoms with van der Waals surface area (Å²) in [7, 11) is 0. The summed E-state index contributed by atoms with van der Waals surface area (Å²) in [6.07, 6.45) is -0.689. The molecule has 1 unspecified atom stereocenters. The maximum atomic E-state index is 12.6. The number of carbonyl (C=O) groups excluding carboxylic acids is 1. The van der Waals surface area contributed by atoms with Crippen LogP contribution in [-0.4, -0.2) is 23.5 Å². The molecule has 0 spiro atoms. The van der Waals surface area contributed by atoms with Crippen molar-refractivity contribution in [3.05, 3.63) is 48.0 Å². The molecule has 3 rings (SSSR count). The van der Waals surface area contributed by atoms with E-state index < -0.39 is 17.8 Å². The Morgan fingerprint density at radius 1 is 1.38 bits per heavy atom. The van der Waals surface area contributed by atoms with Gasteiger partial charge in [0, 0.05) is 12.7 Å². The topological polar surface area (TPSA) is 58.4 Å². The van der Waals surface area contributed by atoms with Gasteiger partial charge in [0.15, 0.2) is 0 Å². The highest BCUT2D eigenvalue weighted by Gasteiger charge is 2.34. The molecule has 0 bridgehead atoms. The lowest BCUT2D eigenvalue weighted by atomic mass is 10.2. The summed E-state index contributed by atoms with van der Waals surface area (Å²) in [5, 5.41) is 2.78. The van der Waals surface area contributed by atoms with Gasteiger partial charge in [0.2, 0.25) is 5.91 Å². The Morgan fingerprint density at radius 2 is 2.21 bits per heavy atom. The highest BCUT2D eigenvalue weighted by atomic mass is 19.4. The summed E-state index contributed by atoms with van der Waals surface area (Å²) >= 11 is 0. The second kappa shape index (κ2) is 6.54. The van der Waals surface area contributed by atoms with Gasteiger partial charge in [-0.05, 0) is 37.1 Å². The van der Waals surface area contributed by atoms with Gasteiger partial charge < -0.3 is 14.6 Å². The van der Waals surface area contributed by atoms with Crippen LogP contribution < -0.4 is 10.2 Å². The zero-order valence-corrected chi connectivity index (χ0v) is 12.7. The van der Waals surface area contributed by atoms with Crippen molar-refractivity contribution in [1.82, 2.24) is 10.3 Å². The van der Waals surface area contributed by atoms with E-state index in [0.29, 0.717) is 24.5 Å². The third kappa shape index (κ3) is 3.52. The number of anilines is 1. The SMILES string of the molecule is O=C(NCc1ccco1)C1CCCN1c1ccc(C(F)(F)F)cn1. The molecule has 0 saturated carbocycles. The fraction of sp³-hybridized carbons (Fsp3) is 0.375. The molecular weight excluding hydrogens is 323 g/mol. The van der Waals surface area contributed by atoms with Crippen molar-refractivity contribution in [2.75, 3.05) is 11.4 Å². The molecule has 1 N–H and O–H groups in total. The third-order valence-electron chi connectivity index (χ3n) is 3.94. The van der Waals surface area contributed by atoms with Crippen molar-refractivity contribution in [2.24, 2.45) is 0 Å². The van der Waals surface area contributed by atoms with Gasteiger partial charge in [-0.25, -0.2) is 4.98 Å². The van der Waals surface area contributed by atoms with E-state index in [1.54, 1.807) is 17.0 Å². The standard InChI is InChI=1S/C16H16F3N3O2/c17-16(18,19)11-5-6-14(20-9-11)22-7-1-4-13(22)15(23)21-10-12-3-2-8-24-12/h2-3,5-6,8-9,13H,1,4,7,10H2,(H,21,23). The van der Waals surface area contributed by atoms with Crippen molar-refractivity contribution >= 4 is 11.7 Å². The minimum Gasteiger partial charge on any atom is -0.467 e. The Labute approximate surface area is 136 Å². The Balaban J connectivity index is 1.67. The molecule has 2 aromatic rings. The average molecular weight is 339 g/mol. The molecule has 1 fully saturated rings. The van der Waals surface area contributed by atoms with E-state index in [9.17, 15) is 18.0 Å². The van der Waals surface area contributed by atoms with Crippen LogP contribution in [0.2, 0.25) is 0 Å². The molecule has 8 heteroatoms. The van der Waals surface area contributed by atoms with E-state index in [0.717, 1.165) is 18.7 Å². The van der Waals surface area contributed by atoms with E-state index in [2.05, 4.69) is 10.3 Å². The first-order valence-corrected chi connectivity index (χ1v) is 7.55. The van der Waals surface area contributed by atoms with Crippen molar-refractivity contribution in [2.45, 2.75) is 31.6 Å². The molecule has 128 valence electrons. The highest BCUT2D eigenvalue weighted by molar-refractivity contribution is 5.85. The molecule has 3 heterocycles. The Bertz CT molecular complexity index is 684.